The summed E-state index contributed by atoms with van der Waals surface area (Å²) in [6.45, 7) is 6.04. The lowest BCUT2D eigenvalue weighted by molar-refractivity contribution is 0.237. The Hall–Kier alpha value is -1.79. The van der Waals surface area contributed by atoms with Crippen molar-refractivity contribution in [3.63, 3.8) is 0 Å². The van der Waals surface area contributed by atoms with Gasteiger partial charge in [-0.25, -0.2) is 4.79 Å². The quantitative estimate of drug-likeness (QED) is 0.746. The summed E-state index contributed by atoms with van der Waals surface area (Å²) in [5.74, 6) is 0. The van der Waals surface area contributed by atoms with E-state index in [4.69, 9.17) is 5.11 Å². The molecule has 1 aliphatic heterocycles. The number of amides is 2. The third kappa shape index (κ3) is 5.11. The zero-order chi connectivity index (χ0) is 16.7. The summed E-state index contributed by atoms with van der Waals surface area (Å²) in [7, 11) is 2.13. The molecule has 1 unspecified atom stereocenters. The number of para-hydroxylation sites is 2. The van der Waals surface area contributed by atoms with Gasteiger partial charge in [0.05, 0.1) is 11.4 Å². The summed E-state index contributed by atoms with van der Waals surface area (Å²) < 4.78 is 0. The number of nitrogens with one attached hydrogen (secondary N) is 2. The molecule has 1 saturated heterocycles. The van der Waals surface area contributed by atoms with E-state index in [0.717, 1.165) is 44.0 Å². The second kappa shape index (κ2) is 8.74. The monoisotopic (exact) mass is 320 g/mol. The maximum atomic E-state index is 12.2. The number of rotatable bonds is 6. The van der Waals surface area contributed by atoms with Gasteiger partial charge < -0.3 is 25.5 Å². The molecular weight excluding hydrogens is 292 g/mol. The van der Waals surface area contributed by atoms with Gasteiger partial charge in [-0.1, -0.05) is 19.1 Å². The highest BCUT2D eigenvalue weighted by Gasteiger charge is 2.18. The van der Waals surface area contributed by atoms with Crippen LogP contribution in [0.4, 0.5) is 16.2 Å². The summed E-state index contributed by atoms with van der Waals surface area (Å²) in [6, 6.07) is 7.69. The molecule has 1 aromatic carbocycles. The predicted octanol–water partition coefficient (Wildman–Crippen LogP) is 1.72. The lowest BCUT2D eigenvalue weighted by atomic mass is 10.1. The van der Waals surface area contributed by atoms with Crippen LogP contribution in [0.25, 0.3) is 0 Å². The smallest absolute Gasteiger partial charge is 0.319 e. The molecular formula is C17H28N4O2. The van der Waals surface area contributed by atoms with Crippen LogP contribution < -0.4 is 15.5 Å². The van der Waals surface area contributed by atoms with Gasteiger partial charge in [-0.05, 0) is 32.0 Å². The molecule has 1 heterocycles. The SMILES string of the molecule is CCC(CCO)NC(=O)Nc1ccccc1N1CCN(C)CC1. The van der Waals surface area contributed by atoms with Crippen molar-refractivity contribution in [3.05, 3.63) is 24.3 Å². The topological polar surface area (TPSA) is 67.8 Å². The van der Waals surface area contributed by atoms with Crippen molar-refractivity contribution in [2.75, 3.05) is 50.1 Å². The van der Waals surface area contributed by atoms with Crippen LogP contribution >= 0.6 is 0 Å². The molecule has 3 N–H and O–H groups in total. The van der Waals surface area contributed by atoms with Crippen LogP contribution in [-0.4, -0.2) is 61.9 Å². The number of carbonyl (C=O) groups is 1. The Balaban J connectivity index is 2.01. The van der Waals surface area contributed by atoms with E-state index < -0.39 is 0 Å². The van der Waals surface area contributed by atoms with E-state index >= 15 is 0 Å². The first-order chi connectivity index (χ1) is 11.1. The molecule has 23 heavy (non-hydrogen) atoms. The van der Waals surface area contributed by atoms with E-state index in [1.165, 1.54) is 0 Å². The number of nitrogens with zero attached hydrogens (tertiary/aromatic N) is 2. The fraction of sp³-hybridized carbons (Fsp3) is 0.588. The van der Waals surface area contributed by atoms with Crippen molar-refractivity contribution in [2.45, 2.75) is 25.8 Å². The van der Waals surface area contributed by atoms with Crippen LogP contribution in [-0.2, 0) is 0 Å². The van der Waals surface area contributed by atoms with Crippen LogP contribution in [0.5, 0.6) is 0 Å². The van der Waals surface area contributed by atoms with Crippen molar-refractivity contribution in [1.29, 1.82) is 0 Å². The van der Waals surface area contributed by atoms with Gasteiger partial charge in [-0.15, -0.1) is 0 Å². The van der Waals surface area contributed by atoms with Crippen LogP contribution in [0.2, 0.25) is 0 Å². The van der Waals surface area contributed by atoms with Crippen molar-refractivity contribution >= 4 is 17.4 Å². The van der Waals surface area contributed by atoms with Crippen LogP contribution in [0.3, 0.4) is 0 Å². The Bertz CT molecular complexity index is 501. The second-order valence-electron chi connectivity index (χ2n) is 6.02. The number of carbonyl (C=O) groups excluding carboxylic acids is 1. The number of piperazine rings is 1. The zero-order valence-corrected chi connectivity index (χ0v) is 14.1. The average Bonchev–Trinajstić information content (AvgIpc) is 2.56. The van der Waals surface area contributed by atoms with Gasteiger partial charge >= 0.3 is 6.03 Å². The van der Waals surface area contributed by atoms with Crippen molar-refractivity contribution < 1.29 is 9.90 Å². The standard InChI is InChI=1S/C17H28N4O2/c1-3-14(8-13-22)18-17(23)19-15-6-4-5-7-16(15)21-11-9-20(2)10-12-21/h4-7,14,22H,3,8-13H2,1-2H3,(H2,18,19,23). The summed E-state index contributed by atoms with van der Waals surface area (Å²) in [5.41, 5.74) is 1.89. The third-order valence-corrected chi connectivity index (χ3v) is 4.30. The number of anilines is 2. The Kier molecular flexibility index (Phi) is 6.67. The maximum absolute atomic E-state index is 12.2. The number of hydrogen-bond acceptors (Lipinski definition) is 4. The molecule has 6 nitrogen and oxygen atoms in total. The molecule has 0 aliphatic carbocycles. The van der Waals surface area contributed by atoms with E-state index in [-0.39, 0.29) is 18.7 Å². The molecule has 1 aromatic rings. The summed E-state index contributed by atoms with van der Waals surface area (Å²) in [5, 5.41) is 14.9. The van der Waals surface area contributed by atoms with Crippen molar-refractivity contribution in [2.24, 2.45) is 0 Å². The number of benzene rings is 1. The highest BCUT2D eigenvalue weighted by atomic mass is 16.3. The maximum Gasteiger partial charge on any atom is 0.319 e. The van der Waals surface area contributed by atoms with Gasteiger partial charge in [0, 0.05) is 38.8 Å². The molecule has 0 bridgehead atoms. The van der Waals surface area contributed by atoms with E-state index in [2.05, 4.69) is 27.5 Å². The van der Waals surface area contributed by atoms with Crippen molar-refractivity contribution in [1.82, 2.24) is 10.2 Å². The number of likely N-dealkylation sites (N-methyl/N-ethyl adjacent to an activating group) is 1. The minimum Gasteiger partial charge on any atom is -0.396 e. The van der Waals surface area contributed by atoms with Crippen LogP contribution in [0.15, 0.2) is 24.3 Å². The normalized spacial score (nSPS) is 16.9. The molecule has 2 amide bonds. The minimum atomic E-state index is -0.216. The number of urea groups is 1. The molecule has 0 spiro atoms. The van der Waals surface area contributed by atoms with Crippen molar-refractivity contribution in [3.8, 4) is 0 Å². The lowest BCUT2D eigenvalue weighted by Crippen LogP contribution is -2.45. The largest absolute Gasteiger partial charge is 0.396 e. The predicted molar refractivity (Wildman–Crippen MR) is 94.1 cm³/mol. The van der Waals surface area contributed by atoms with Gasteiger partial charge in [0.2, 0.25) is 0 Å². The number of aliphatic hydroxyl groups excluding tert-OH is 1. The lowest BCUT2D eigenvalue weighted by Gasteiger charge is -2.35. The molecule has 128 valence electrons. The first-order valence-corrected chi connectivity index (χ1v) is 8.35. The number of aliphatic hydroxyl groups is 1. The van der Waals surface area contributed by atoms with E-state index in [1.807, 2.05) is 31.2 Å². The van der Waals surface area contributed by atoms with E-state index in [1.54, 1.807) is 0 Å². The Morgan fingerprint density at radius 3 is 2.61 bits per heavy atom. The fourth-order valence-corrected chi connectivity index (χ4v) is 2.78. The molecule has 1 aliphatic rings. The van der Waals surface area contributed by atoms with Gasteiger partial charge in [0.25, 0.3) is 0 Å². The summed E-state index contributed by atoms with van der Waals surface area (Å²) >= 11 is 0. The molecule has 1 atom stereocenters. The van der Waals surface area contributed by atoms with E-state index in [0.29, 0.717) is 6.42 Å². The highest BCUT2D eigenvalue weighted by Crippen LogP contribution is 2.26. The fourth-order valence-electron chi connectivity index (χ4n) is 2.78. The summed E-state index contributed by atoms with van der Waals surface area (Å²) in [6.07, 6.45) is 1.37. The number of hydrogen-bond donors (Lipinski definition) is 3. The average molecular weight is 320 g/mol. The Morgan fingerprint density at radius 2 is 1.96 bits per heavy atom. The first-order valence-electron chi connectivity index (χ1n) is 8.35. The molecule has 0 saturated carbocycles. The van der Waals surface area contributed by atoms with Gasteiger partial charge in [0.1, 0.15) is 0 Å². The van der Waals surface area contributed by atoms with Gasteiger partial charge in [-0.2, -0.15) is 0 Å². The molecule has 0 aromatic heterocycles. The zero-order valence-electron chi connectivity index (χ0n) is 14.1. The van der Waals surface area contributed by atoms with Crippen LogP contribution in [0.1, 0.15) is 19.8 Å². The van der Waals surface area contributed by atoms with Crippen LogP contribution in [0, 0.1) is 0 Å². The summed E-state index contributed by atoms with van der Waals surface area (Å²) in [4.78, 5) is 16.8. The second-order valence-corrected chi connectivity index (χ2v) is 6.02. The molecule has 1 fully saturated rings. The Morgan fingerprint density at radius 1 is 1.26 bits per heavy atom. The van der Waals surface area contributed by atoms with Gasteiger partial charge in [0.15, 0.2) is 0 Å². The third-order valence-electron chi connectivity index (χ3n) is 4.30. The highest BCUT2D eigenvalue weighted by molar-refractivity contribution is 5.93. The first kappa shape index (κ1) is 17.6. The molecule has 0 radical (unpaired) electrons. The molecule has 2 rings (SSSR count). The molecule has 6 heteroatoms. The Labute approximate surface area is 138 Å². The van der Waals surface area contributed by atoms with Gasteiger partial charge in [-0.3, -0.25) is 0 Å². The van der Waals surface area contributed by atoms with E-state index in [9.17, 15) is 4.79 Å². The minimum absolute atomic E-state index is 0.00389.